The molecule has 1 aliphatic rings. The molecule has 10 heteroatoms. The maximum Gasteiger partial charge on any atom is 0.345 e. The predicted octanol–water partition coefficient (Wildman–Crippen LogP) is 2.33. The number of aromatic nitrogens is 3. The van der Waals surface area contributed by atoms with Crippen LogP contribution in [0.1, 0.15) is 26.5 Å². The monoisotopic (exact) mass is 417 g/mol. The molecule has 0 unspecified atom stereocenters. The average molecular weight is 417 g/mol. The van der Waals surface area contributed by atoms with E-state index in [-0.39, 0.29) is 31.5 Å². The fourth-order valence-corrected chi connectivity index (χ4v) is 3.54. The maximum atomic E-state index is 13.0. The summed E-state index contributed by atoms with van der Waals surface area (Å²) in [6, 6.07) is 9.45. The first kappa shape index (κ1) is 20.0. The van der Waals surface area contributed by atoms with Gasteiger partial charge in [0.2, 0.25) is 0 Å². The van der Waals surface area contributed by atoms with Gasteiger partial charge in [-0.05, 0) is 12.1 Å². The zero-order valence-electron chi connectivity index (χ0n) is 16.3. The highest BCUT2D eigenvalue weighted by Crippen LogP contribution is 2.21. The Morgan fingerprint density at radius 3 is 2.87 bits per heavy atom. The summed E-state index contributed by atoms with van der Waals surface area (Å²) in [6.07, 6.45) is 1.46. The summed E-state index contributed by atoms with van der Waals surface area (Å²) in [6.45, 7) is -1.96. The van der Waals surface area contributed by atoms with Gasteiger partial charge in [-0.3, -0.25) is 14.3 Å². The van der Waals surface area contributed by atoms with E-state index in [2.05, 4.69) is 14.8 Å². The molecule has 3 aromatic rings. The number of H-pyrrole nitrogens is 1. The van der Waals surface area contributed by atoms with Gasteiger partial charge in [0.1, 0.15) is 5.69 Å². The molecule has 3 heterocycles. The van der Waals surface area contributed by atoms with E-state index in [0.717, 1.165) is 10.9 Å². The minimum absolute atomic E-state index is 0.0193. The van der Waals surface area contributed by atoms with Gasteiger partial charge in [0.15, 0.2) is 0 Å². The summed E-state index contributed by atoms with van der Waals surface area (Å²) >= 11 is 0. The van der Waals surface area contributed by atoms with Crippen molar-refractivity contribution in [1.29, 1.82) is 0 Å². The maximum absolute atomic E-state index is 13.0. The van der Waals surface area contributed by atoms with Crippen molar-refractivity contribution in [2.24, 2.45) is 0 Å². The highest BCUT2D eigenvalue weighted by molar-refractivity contribution is 5.98. The van der Waals surface area contributed by atoms with Gasteiger partial charge in [-0.1, -0.05) is 18.2 Å². The molecule has 0 atom stereocenters. The van der Waals surface area contributed by atoms with Crippen LogP contribution in [0.2, 0.25) is 0 Å². The third-order valence-electron chi connectivity index (χ3n) is 5.17. The van der Waals surface area contributed by atoms with E-state index >= 15 is 0 Å². The minimum Gasteiger partial charge on any atom is -0.351 e. The zero-order valence-corrected chi connectivity index (χ0v) is 16.3. The summed E-state index contributed by atoms with van der Waals surface area (Å²) in [5.74, 6) is -0.509. The first-order valence-corrected chi connectivity index (χ1v) is 9.51. The molecule has 2 aromatic heterocycles. The van der Waals surface area contributed by atoms with Gasteiger partial charge >= 0.3 is 6.61 Å². The van der Waals surface area contributed by atoms with Crippen molar-refractivity contribution in [3.8, 4) is 0 Å². The number of hydrogen-bond donors (Lipinski definition) is 1. The fraction of sp³-hybridized carbons (Fsp3) is 0.350. The Kier molecular flexibility index (Phi) is 5.49. The Balaban J connectivity index is 1.48. The summed E-state index contributed by atoms with van der Waals surface area (Å²) in [5, 5.41) is 5.19. The minimum atomic E-state index is -2.87. The van der Waals surface area contributed by atoms with Crippen molar-refractivity contribution >= 4 is 22.7 Å². The van der Waals surface area contributed by atoms with Crippen LogP contribution in [0.15, 0.2) is 36.5 Å². The third kappa shape index (κ3) is 3.90. The molecule has 1 aromatic carbocycles. The molecule has 0 saturated heterocycles. The molecule has 8 nitrogen and oxygen atoms in total. The Bertz CT molecular complexity index is 1040. The molecular weight excluding hydrogens is 396 g/mol. The van der Waals surface area contributed by atoms with E-state index in [4.69, 9.17) is 0 Å². The van der Waals surface area contributed by atoms with Gasteiger partial charge < -0.3 is 19.5 Å². The van der Waals surface area contributed by atoms with Gasteiger partial charge in [-0.25, -0.2) is 0 Å². The highest BCUT2D eigenvalue weighted by Gasteiger charge is 2.28. The number of amides is 2. The largest absolute Gasteiger partial charge is 0.351 e. The van der Waals surface area contributed by atoms with Gasteiger partial charge in [0.05, 0.1) is 37.2 Å². The Hall–Kier alpha value is -3.27. The number of para-hydroxylation sites is 1. The number of halogens is 2. The van der Waals surface area contributed by atoms with E-state index in [9.17, 15) is 18.4 Å². The van der Waals surface area contributed by atoms with Crippen molar-refractivity contribution < 1.29 is 23.1 Å². The Morgan fingerprint density at radius 1 is 1.30 bits per heavy atom. The standard InChI is InChI=1S/C20H21F2N5O3/c1-25(8-9-30-20(21)22)18(28)14-11-23-27-7-6-26(12-17(14)27)19(29)16-10-13-4-2-3-5-15(13)24-16/h2-5,10-11,20,24H,6-9,12H2,1H3. The topological polar surface area (TPSA) is 83.5 Å². The van der Waals surface area contributed by atoms with Crippen LogP contribution in [0.3, 0.4) is 0 Å². The molecule has 158 valence electrons. The number of nitrogens with one attached hydrogen (secondary N) is 1. The number of likely N-dealkylation sites (N-methyl/N-ethyl adjacent to an activating group) is 1. The summed E-state index contributed by atoms with van der Waals surface area (Å²) < 4.78 is 30.2. The fourth-order valence-electron chi connectivity index (χ4n) is 3.54. The Labute approximate surface area is 171 Å². The predicted molar refractivity (Wildman–Crippen MR) is 104 cm³/mol. The number of aromatic amines is 1. The summed E-state index contributed by atoms with van der Waals surface area (Å²) in [5.41, 5.74) is 2.34. The second kappa shape index (κ2) is 8.23. The van der Waals surface area contributed by atoms with Gasteiger partial charge in [0.25, 0.3) is 11.8 Å². The van der Waals surface area contributed by atoms with Crippen molar-refractivity contribution in [2.45, 2.75) is 19.7 Å². The highest BCUT2D eigenvalue weighted by atomic mass is 19.3. The first-order chi connectivity index (χ1) is 14.4. The van der Waals surface area contributed by atoms with Crippen molar-refractivity contribution in [3.63, 3.8) is 0 Å². The molecule has 0 aliphatic carbocycles. The lowest BCUT2D eigenvalue weighted by molar-refractivity contribution is -0.130. The molecule has 1 aliphatic heterocycles. The van der Waals surface area contributed by atoms with Crippen LogP contribution in [-0.2, 0) is 17.8 Å². The number of rotatable bonds is 6. The van der Waals surface area contributed by atoms with E-state index < -0.39 is 6.61 Å². The van der Waals surface area contributed by atoms with Gasteiger partial charge in [0, 0.05) is 31.0 Å². The molecule has 0 fully saturated rings. The van der Waals surface area contributed by atoms with Crippen LogP contribution in [0.25, 0.3) is 10.9 Å². The molecular formula is C20H21F2N5O3. The number of carbonyl (C=O) groups excluding carboxylic acids is 2. The van der Waals surface area contributed by atoms with Crippen LogP contribution >= 0.6 is 0 Å². The van der Waals surface area contributed by atoms with Crippen LogP contribution in [0.5, 0.6) is 0 Å². The molecule has 1 N–H and O–H groups in total. The second-order valence-corrected chi connectivity index (χ2v) is 7.08. The van der Waals surface area contributed by atoms with Crippen LogP contribution in [-0.4, -0.2) is 69.7 Å². The molecule has 30 heavy (non-hydrogen) atoms. The number of alkyl halides is 2. The van der Waals surface area contributed by atoms with E-state index in [1.807, 2.05) is 30.3 Å². The number of carbonyl (C=O) groups is 2. The number of ether oxygens (including phenoxy) is 1. The molecule has 0 bridgehead atoms. The number of hydrogen-bond acceptors (Lipinski definition) is 4. The normalized spacial score (nSPS) is 13.7. The lowest BCUT2D eigenvalue weighted by atomic mass is 10.1. The van der Waals surface area contributed by atoms with Gasteiger partial charge in [-0.15, -0.1) is 0 Å². The quantitative estimate of drug-likeness (QED) is 0.667. The van der Waals surface area contributed by atoms with E-state index in [1.54, 1.807) is 9.58 Å². The molecule has 0 radical (unpaired) electrons. The lowest BCUT2D eigenvalue weighted by Crippen LogP contribution is -2.40. The van der Waals surface area contributed by atoms with Crippen molar-refractivity contribution in [1.82, 2.24) is 24.6 Å². The number of benzene rings is 1. The lowest BCUT2D eigenvalue weighted by Gasteiger charge is -2.28. The SMILES string of the molecule is CN(CCOC(F)F)C(=O)c1cnn2c1CN(C(=O)c1cc3ccccc3[nH]1)CC2. The van der Waals surface area contributed by atoms with Crippen LogP contribution in [0.4, 0.5) is 8.78 Å². The summed E-state index contributed by atoms with van der Waals surface area (Å²) in [4.78, 5) is 31.8. The van der Waals surface area contributed by atoms with Crippen LogP contribution in [0, 0.1) is 0 Å². The second-order valence-electron chi connectivity index (χ2n) is 7.08. The van der Waals surface area contributed by atoms with Gasteiger partial charge in [-0.2, -0.15) is 13.9 Å². The van der Waals surface area contributed by atoms with E-state index in [1.165, 1.54) is 18.1 Å². The third-order valence-corrected chi connectivity index (χ3v) is 5.17. The molecule has 2 amide bonds. The smallest absolute Gasteiger partial charge is 0.345 e. The van der Waals surface area contributed by atoms with Crippen molar-refractivity contribution in [2.75, 3.05) is 26.7 Å². The molecule has 4 rings (SSSR count). The van der Waals surface area contributed by atoms with Crippen molar-refractivity contribution in [3.05, 3.63) is 53.5 Å². The Morgan fingerprint density at radius 2 is 2.10 bits per heavy atom. The average Bonchev–Trinajstić information content (AvgIpc) is 3.36. The first-order valence-electron chi connectivity index (χ1n) is 9.51. The molecule has 0 spiro atoms. The summed E-state index contributed by atoms with van der Waals surface area (Å²) in [7, 11) is 1.51. The van der Waals surface area contributed by atoms with Crippen LogP contribution < -0.4 is 0 Å². The number of fused-ring (bicyclic) bond motifs is 2. The number of nitrogens with zero attached hydrogens (tertiary/aromatic N) is 4. The molecule has 0 saturated carbocycles. The zero-order chi connectivity index (χ0) is 21.3. The van der Waals surface area contributed by atoms with E-state index in [0.29, 0.717) is 30.0 Å².